The highest BCUT2D eigenvalue weighted by Crippen LogP contribution is 2.25. The summed E-state index contributed by atoms with van der Waals surface area (Å²) in [7, 11) is 0. The number of rotatable bonds is 1. The van der Waals surface area contributed by atoms with Crippen LogP contribution in [0.2, 0.25) is 0 Å². The summed E-state index contributed by atoms with van der Waals surface area (Å²) < 4.78 is 5.36. The first-order valence-corrected chi connectivity index (χ1v) is 4.24. The van der Waals surface area contributed by atoms with E-state index in [1.165, 1.54) is 6.07 Å². The number of hydrogen-bond donors (Lipinski definition) is 2. The van der Waals surface area contributed by atoms with Crippen molar-refractivity contribution in [2.75, 3.05) is 12.3 Å². The minimum absolute atomic E-state index is 0.0869. The van der Waals surface area contributed by atoms with Crippen LogP contribution in [0.5, 0.6) is 0 Å². The van der Waals surface area contributed by atoms with Gasteiger partial charge in [-0.3, -0.25) is 4.79 Å². The van der Waals surface area contributed by atoms with E-state index in [0.717, 1.165) is 19.4 Å². The quantitative estimate of drug-likeness (QED) is 0.648. The van der Waals surface area contributed by atoms with Crippen LogP contribution in [0.25, 0.3) is 0 Å². The molecule has 1 fully saturated rings. The van der Waals surface area contributed by atoms with Crippen LogP contribution in [0.1, 0.15) is 24.8 Å². The van der Waals surface area contributed by atoms with Crippen LogP contribution in [-0.2, 0) is 4.74 Å². The predicted octanol–water partition coefficient (Wildman–Crippen LogP) is 0.204. The summed E-state index contributed by atoms with van der Waals surface area (Å²) >= 11 is 0. The van der Waals surface area contributed by atoms with Crippen LogP contribution < -0.4 is 11.3 Å². The third-order valence-electron chi connectivity index (χ3n) is 2.01. The van der Waals surface area contributed by atoms with Crippen LogP contribution in [0, 0.1) is 0 Å². The van der Waals surface area contributed by atoms with E-state index in [1.54, 1.807) is 0 Å². The third kappa shape index (κ3) is 1.70. The molecule has 0 amide bonds. The molecule has 1 aliphatic rings. The van der Waals surface area contributed by atoms with Gasteiger partial charge in [-0.05, 0) is 12.8 Å². The van der Waals surface area contributed by atoms with Gasteiger partial charge < -0.3 is 15.5 Å². The molecule has 0 aliphatic carbocycles. The highest BCUT2D eigenvalue weighted by Gasteiger charge is 2.19. The molecule has 1 aromatic rings. The smallest absolute Gasteiger partial charge is 0.253 e. The number of anilines is 1. The molecule has 1 aromatic heterocycles. The minimum Gasteiger partial charge on any atom is -0.383 e. The second kappa shape index (κ2) is 3.18. The number of ether oxygens (including phenoxy) is 1. The molecule has 0 saturated carbocycles. The Bertz CT molecular complexity index is 355. The second-order valence-electron chi connectivity index (χ2n) is 3.06. The minimum atomic E-state index is -0.224. The molecule has 5 heteroatoms. The SMILES string of the molecule is Nc1cc(=O)[nH]c(C2CCCO2)n1. The highest BCUT2D eigenvalue weighted by molar-refractivity contribution is 5.25. The van der Waals surface area contributed by atoms with Crippen LogP contribution in [-0.4, -0.2) is 16.6 Å². The first-order valence-electron chi connectivity index (χ1n) is 4.24. The maximum absolute atomic E-state index is 11.0. The average molecular weight is 181 g/mol. The Morgan fingerprint density at radius 3 is 3.15 bits per heavy atom. The maximum Gasteiger partial charge on any atom is 0.253 e. The molecule has 5 nitrogen and oxygen atoms in total. The number of nitrogens with one attached hydrogen (secondary N) is 1. The van der Waals surface area contributed by atoms with E-state index in [1.807, 2.05) is 0 Å². The number of H-pyrrole nitrogens is 1. The summed E-state index contributed by atoms with van der Waals surface area (Å²) in [5, 5.41) is 0. The molecular weight excluding hydrogens is 170 g/mol. The van der Waals surface area contributed by atoms with Gasteiger partial charge >= 0.3 is 0 Å². The average Bonchev–Trinajstić information content (AvgIpc) is 2.53. The molecule has 2 heterocycles. The molecule has 1 atom stereocenters. The molecule has 1 unspecified atom stereocenters. The van der Waals surface area contributed by atoms with Crippen LogP contribution >= 0.6 is 0 Å². The molecule has 3 N–H and O–H groups in total. The Labute approximate surface area is 74.9 Å². The monoisotopic (exact) mass is 181 g/mol. The van der Waals surface area contributed by atoms with Gasteiger partial charge in [-0.25, -0.2) is 4.98 Å². The van der Waals surface area contributed by atoms with E-state index >= 15 is 0 Å². The van der Waals surface area contributed by atoms with Crippen molar-refractivity contribution in [1.29, 1.82) is 0 Å². The fourth-order valence-electron chi connectivity index (χ4n) is 1.44. The van der Waals surface area contributed by atoms with Gasteiger partial charge in [0, 0.05) is 12.7 Å². The first-order chi connectivity index (χ1) is 6.25. The van der Waals surface area contributed by atoms with Crippen molar-refractivity contribution in [2.45, 2.75) is 18.9 Å². The maximum atomic E-state index is 11.0. The largest absolute Gasteiger partial charge is 0.383 e. The number of hydrogen-bond acceptors (Lipinski definition) is 4. The lowest BCUT2D eigenvalue weighted by Gasteiger charge is -2.07. The summed E-state index contributed by atoms with van der Waals surface area (Å²) in [6.45, 7) is 0.725. The van der Waals surface area contributed by atoms with Crippen molar-refractivity contribution in [3.8, 4) is 0 Å². The standard InChI is InChI=1S/C8H11N3O2/c9-6-4-7(12)11-8(10-6)5-2-1-3-13-5/h4-5H,1-3H2,(H3,9,10,11,12). The predicted molar refractivity (Wildman–Crippen MR) is 47.2 cm³/mol. The van der Waals surface area contributed by atoms with Gasteiger partial charge in [0.2, 0.25) is 0 Å². The zero-order chi connectivity index (χ0) is 9.26. The number of nitrogens with zero attached hydrogens (tertiary/aromatic N) is 1. The van der Waals surface area contributed by atoms with Gasteiger partial charge in [-0.15, -0.1) is 0 Å². The fourth-order valence-corrected chi connectivity index (χ4v) is 1.44. The van der Waals surface area contributed by atoms with E-state index in [4.69, 9.17) is 10.5 Å². The number of nitrogens with two attached hydrogens (primary N) is 1. The normalized spacial score (nSPS) is 22.0. The van der Waals surface area contributed by atoms with Crippen molar-refractivity contribution in [3.63, 3.8) is 0 Å². The Kier molecular flexibility index (Phi) is 2.02. The number of nitrogen functional groups attached to an aromatic ring is 1. The lowest BCUT2D eigenvalue weighted by molar-refractivity contribution is 0.105. The van der Waals surface area contributed by atoms with Crippen molar-refractivity contribution >= 4 is 5.82 Å². The zero-order valence-electron chi connectivity index (χ0n) is 7.12. The van der Waals surface area contributed by atoms with Gasteiger partial charge in [0.15, 0.2) is 0 Å². The topological polar surface area (TPSA) is 81.0 Å². The van der Waals surface area contributed by atoms with Crippen molar-refractivity contribution < 1.29 is 4.74 Å². The van der Waals surface area contributed by atoms with Gasteiger partial charge in [0.25, 0.3) is 5.56 Å². The summed E-state index contributed by atoms with van der Waals surface area (Å²) in [4.78, 5) is 17.7. The van der Waals surface area contributed by atoms with Crippen molar-refractivity contribution in [1.82, 2.24) is 9.97 Å². The fraction of sp³-hybridized carbons (Fsp3) is 0.500. The van der Waals surface area contributed by atoms with Crippen LogP contribution in [0.4, 0.5) is 5.82 Å². The number of aromatic amines is 1. The van der Waals surface area contributed by atoms with E-state index in [2.05, 4.69) is 9.97 Å². The van der Waals surface area contributed by atoms with E-state index < -0.39 is 0 Å². The molecule has 1 aliphatic heterocycles. The van der Waals surface area contributed by atoms with Gasteiger partial charge in [0.05, 0.1) is 0 Å². The second-order valence-corrected chi connectivity index (χ2v) is 3.06. The van der Waals surface area contributed by atoms with Crippen LogP contribution in [0.3, 0.4) is 0 Å². The lowest BCUT2D eigenvalue weighted by Crippen LogP contribution is -2.14. The van der Waals surface area contributed by atoms with E-state index in [-0.39, 0.29) is 17.5 Å². The Morgan fingerprint density at radius 2 is 2.54 bits per heavy atom. The summed E-state index contributed by atoms with van der Waals surface area (Å²) in [6.07, 6.45) is 1.81. The summed E-state index contributed by atoms with van der Waals surface area (Å²) in [5.41, 5.74) is 5.22. The van der Waals surface area contributed by atoms with E-state index in [9.17, 15) is 4.79 Å². The molecule has 0 aromatic carbocycles. The summed E-state index contributed by atoms with van der Waals surface area (Å²) in [5.74, 6) is 0.789. The lowest BCUT2D eigenvalue weighted by atomic mass is 10.2. The molecule has 0 bridgehead atoms. The molecule has 70 valence electrons. The zero-order valence-corrected chi connectivity index (χ0v) is 7.12. The molecule has 13 heavy (non-hydrogen) atoms. The van der Waals surface area contributed by atoms with Gasteiger partial charge in [-0.2, -0.15) is 0 Å². The first kappa shape index (κ1) is 8.25. The Hall–Kier alpha value is -1.36. The molecule has 0 radical (unpaired) electrons. The third-order valence-corrected chi connectivity index (χ3v) is 2.01. The van der Waals surface area contributed by atoms with Crippen LogP contribution in [0.15, 0.2) is 10.9 Å². The number of aromatic nitrogens is 2. The molecule has 0 spiro atoms. The van der Waals surface area contributed by atoms with Gasteiger partial charge in [0.1, 0.15) is 17.7 Å². The van der Waals surface area contributed by atoms with Crippen molar-refractivity contribution in [2.24, 2.45) is 0 Å². The Balaban J connectivity index is 2.33. The Morgan fingerprint density at radius 1 is 1.69 bits per heavy atom. The van der Waals surface area contributed by atoms with Gasteiger partial charge in [-0.1, -0.05) is 0 Å². The highest BCUT2D eigenvalue weighted by atomic mass is 16.5. The van der Waals surface area contributed by atoms with Crippen molar-refractivity contribution in [3.05, 3.63) is 22.2 Å². The molecular formula is C8H11N3O2. The molecule has 2 rings (SSSR count). The van der Waals surface area contributed by atoms with E-state index in [0.29, 0.717) is 5.82 Å². The summed E-state index contributed by atoms with van der Waals surface area (Å²) in [6, 6.07) is 1.26. The molecule has 1 saturated heterocycles.